The zero-order valence-corrected chi connectivity index (χ0v) is 15.1. The number of rotatable bonds is 7. The van der Waals surface area contributed by atoms with Crippen LogP contribution in [0.2, 0.25) is 5.02 Å². The van der Waals surface area contributed by atoms with Crippen LogP contribution < -0.4 is 5.32 Å². The van der Waals surface area contributed by atoms with Crippen molar-refractivity contribution in [2.24, 2.45) is 0 Å². The van der Waals surface area contributed by atoms with Crippen molar-refractivity contribution in [3.63, 3.8) is 0 Å². The molecule has 1 atom stereocenters. The largest absolute Gasteiger partial charge is 0.349 e. The van der Waals surface area contributed by atoms with Gasteiger partial charge in [0.05, 0.1) is 11.8 Å². The lowest BCUT2D eigenvalue weighted by molar-refractivity contribution is -0.119. The average Bonchev–Trinajstić information content (AvgIpc) is 2.56. The second-order valence-corrected chi connectivity index (χ2v) is 6.86. The Hall–Kier alpha value is -1.45. The summed E-state index contributed by atoms with van der Waals surface area (Å²) in [5.41, 5.74) is 3.50. The number of hydrogen-bond acceptors (Lipinski definition) is 2. The molecule has 1 amide bonds. The monoisotopic (exact) mass is 347 g/mol. The lowest BCUT2D eigenvalue weighted by atomic mass is 10.1. The van der Waals surface area contributed by atoms with Gasteiger partial charge in [0.15, 0.2) is 0 Å². The molecule has 23 heavy (non-hydrogen) atoms. The highest BCUT2D eigenvalue weighted by atomic mass is 35.5. The summed E-state index contributed by atoms with van der Waals surface area (Å²) in [7, 11) is 0. The van der Waals surface area contributed by atoms with Gasteiger partial charge in [0.25, 0.3) is 0 Å². The highest BCUT2D eigenvalue weighted by Gasteiger charge is 2.10. The standard InChI is InChI=1S/C19H22ClNOS/c1-3-15-8-10-16(11-9-15)14(2)21-19(22)13-23-12-17-6-4-5-7-18(17)20/h4-11,14H,3,12-13H2,1-2H3,(H,21,22)/t14-/m1/s1. The van der Waals surface area contributed by atoms with E-state index in [4.69, 9.17) is 11.6 Å². The van der Waals surface area contributed by atoms with Gasteiger partial charge in [0, 0.05) is 10.8 Å². The number of amides is 1. The van der Waals surface area contributed by atoms with Crippen molar-refractivity contribution in [1.29, 1.82) is 0 Å². The fraction of sp³-hybridized carbons (Fsp3) is 0.316. The van der Waals surface area contributed by atoms with Crippen LogP contribution in [-0.2, 0) is 17.0 Å². The van der Waals surface area contributed by atoms with E-state index in [0.29, 0.717) is 5.75 Å². The van der Waals surface area contributed by atoms with Crippen molar-refractivity contribution in [2.75, 3.05) is 5.75 Å². The molecule has 2 nitrogen and oxygen atoms in total. The van der Waals surface area contributed by atoms with Crippen molar-refractivity contribution in [1.82, 2.24) is 5.32 Å². The maximum atomic E-state index is 12.1. The highest BCUT2D eigenvalue weighted by molar-refractivity contribution is 7.99. The van der Waals surface area contributed by atoms with Gasteiger partial charge >= 0.3 is 0 Å². The van der Waals surface area contributed by atoms with Crippen molar-refractivity contribution >= 4 is 29.3 Å². The Balaban J connectivity index is 1.78. The topological polar surface area (TPSA) is 29.1 Å². The average molecular weight is 348 g/mol. The molecule has 4 heteroatoms. The first-order chi connectivity index (χ1) is 11.1. The Morgan fingerprint density at radius 2 is 1.87 bits per heavy atom. The van der Waals surface area contributed by atoms with E-state index in [2.05, 4.69) is 36.5 Å². The molecule has 0 aliphatic carbocycles. The zero-order valence-electron chi connectivity index (χ0n) is 13.5. The Labute approximate surface area is 147 Å². The molecular formula is C19H22ClNOS. The molecule has 0 saturated carbocycles. The van der Waals surface area contributed by atoms with Crippen molar-refractivity contribution < 1.29 is 4.79 Å². The summed E-state index contributed by atoms with van der Waals surface area (Å²) < 4.78 is 0. The predicted molar refractivity (Wildman–Crippen MR) is 100.0 cm³/mol. The van der Waals surface area contributed by atoms with Gasteiger partial charge in [0.1, 0.15) is 0 Å². The molecule has 0 aliphatic heterocycles. The van der Waals surface area contributed by atoms with E-state index in [1.165, 1.54) is 5.56 Å². The molecule has 122 valence electrons. The van der Waals surface area contributed by atoms with E-state index in [0.717, 1.165) is 28.3 Å². The van der Waals surface area contributed by atoms with Gasteiger partial charge in [-0.05, 0) is 36.1 Å². The van der Waals surface area contributed by atoms with E-state index in [-0.39, 0.29) is 11.9 Å². The van der Waals surface area contributed by atoms with Crippen LogP contribution in [0.15, 0.2) is 48.5 Å². The van der Waals surface area contributed by atoms with E-state index < -0.39 is 0 Å². The van der Waals surface area contributed by atoms with E-state index in [9.17, 15) is 4.79 Å². The quantitative estimate of drug-likeness (QED) is 0.762. The van der Waals surface area contributed by atoms with Crippen molar-refractivity contribution in [2.45, 2.75) is 32.1 Å². The molecule has 2 aromatic rings. The first kappa shape index (κ1) is 17.9. The molecule has 0 fully saturated rings. The van der Waals surface area contributed by atoms with Gasteiger partial charge in [-0.1, -0.05) is 61.0 Å². The molecule has 1 N–H and O–H groups in total. The number of hydrogen-bond donors (Lipinski definition) is 1. The predicted octanol–water partition coefficient (Wildman–Crippen LogP) is 5.01. The molecule has 0 heterocycles. The van der Waals surface area contributed by atoms with Crippen LogP contribution in [0, 0.1) is 0 Å². The lowest BCUT2D eigenvalue weighted by Crippen LogP contribution is -2.28. The van der Waals surface area contributed by atoms with Gasteiger partial charge in [0.2, 0.25) is 5.91 Å². The second-order valence-electron chi connectivity index (χ2n) is 5.47. The minimum Gasteiger partial charge on any atom is -0.349 e. The third-order valence-electron chi connectivity index (χ3n) is 3.71. The fourth-order valence-electron chi connectivity index (χ4n) is 2.28. The van der Waals surface area contributed by atoms with Gasteiger partial charge in [-0.2, -0.15) is 0 Å². The lowest BCUT2D eigenvalue weighted by Gasteiger charge is -2.15. The highest BCUT2D eigenvalue weighted by Crippen LogP contribution is 2.21. The normalized spacial score (nSPS) is 12.0. The smallest absolute Gasteiger partial charge is 0.230 e. The number of carbonyl (C=O) groups excluding carboxylic acids is 1. The number of halogens is 1. The summed E-state index contributed by atoms with van der Waals surface area (Å²) >= 11 is 7.69. The Morgan fingerprint density at radius 3 is 2.52 bits per heavy atom. The molecule has 2 aromatic carbocycles. The molecular weight excluding hydrogens is 326 g/mol. The minimum absolute atomic E-state index is 0.0225. The van der Waals surface area contributed by atoms with Crippen LogP contribution in [0.5, 0.6) is 0 Å². The summed E-state index contributed by atoms with van der Waals surface area (Å²) in [4.78, 5) is 12.1. The number of benzene rings is 2. The molecule has 0 unspecified atom stereocenters. The number of aryl methyl sites for hydroxylation is 1. The molecule has 0 aliphatic rings. The van der Waals surface area contributed by atoms with Crippen molar-refractivity contribution in [3.05, 3.63) is 70.2 Å². The SMILES string of the molecule is CCc1ccc([C@@H](C)NC(=O)CSCc2ccccc2Cl)cc1. The summed E-state index contributed by atoms with van der Waals surface area (Å²) in [5.74, 6) is 1.23. The van der Waals surface area contributed by atoms with Crippen LogP contribution in [-0.4, -0.2) is 11.7 Å². The van der Waals surface area contributed by atoms with Gasteiger partial charge in [-0.25, -0.2) is 0 Å². The molecule has 0 bridgehead atoms. The van der Waals surface area contributed by atoms with Crippen LogP contribution in [0.1, 0.15) is 36.6 Å². The molecule has 0 radical (unpaired) electrons. The van der Waals surface area contributed by atoms with Gasteiger partial charge in [-0.15, -0.1) is 11.8 Å². The maximum absolute atomic E-state index is 12.1. The number of nitrogens with one attached hydrogen (secondary N) is 1. The van der Waals surface area contributed by atoms with Crippen LogP contribution in [0.3, 0.4) is 0 Å². The summed E-state index contributed by atoms with van der Waals surface area (Å²) in [6, 6.07) is 16.2. The summed E-state index contributed by atoms with van der Waals surface area (Å²) in [5, 5.41) is 3.80. The zero-order chi connectivity index (χ0) is 16.7. The molecule has 0 aromatic heterocycles. The molecule has 0 saturated heterocycles. The van der Waals surface area contributed by atoms with Crippen LogP contribution in [0.25, 0.3) is 0 Å². The van der Waals surface area contributed by atoms with E-state index in [1.807, 2.05) is 31.2 Å². The van der Waals surface area contributed by atoms with E-state index >= 15 is 0 Å². The second kappa shape index (κ2) is 8.99. The third kappa shape index (κ3) is 5.60. The minimum atomic E-state index is 0.0225. The Kier molecular flexibility index (Phi) is 7.00. The number of carbonyl (C=O) groups is 1. The third-order valence-corrected chi connectivity index (χ3v) is 5.06. The van der Waals surface area contributed by atoms with Crippen LogP contribution >= 0.6 is 23.4 Å². The van der Waals surface area contributed by atoms with Gasteiger partial charge < -0.3 is 5.32 Å². The first-order valence-corrected chi connectivity index (χ1v) is 9.32. The molecule has 2 rings (SSSR count). The van der Waals surface area contributed by atoms with Gasteiger partial charge in [-0.3, -0.25) is 4.79 Å². The number of thioether (sulfide) groups is 1. The fourth-order valence-corrected chi connectivity index (χ4v) is 3.40. The van der Waals surface area contributed by atoms with Crippen molar-refractivity contribution in [3.8, 4) is 0 Å². The Morgan fingerprint density at radius 1 is 1.17 bits per heavy atom. The van der Waals surface area contributed by atoms with Crippen LogP contribution in [0.4, 0.5) is 0 Å². The summed E-state index contributed by atoms with van der Waals surface area (Å²) in [6.07, 6.45) is 1.03. The Bertz CT molecular complexity index is 642. The molecule has 0 spiro atoms. The first-order valence-electron chi connectivity index (χ1n) is 7.79. The maximum Gasteiger partial charge on any atom is 0.230 e. The van der Waals surface area contributed by atoms with E-state index in [1.54, 1.807) is 11.8 Å². The summed E-state index contributed by atoms with van der Waals surface area (Å²) in [6.45, 7) is 4.15.